The molecule has 0 radical (unpaired) electrons. The van der Waals surface area contributed by atoms with Crippen LogP contribution < -0.4 is 0 Å². The van der Waals surface area contributed by atoms with Gasteiger partial charge in [0, 0.05) is 6.92 Å². The second-order valence-corrected chi connectivity index (χ2v) is 1.59. The number of carbonyl (C=O) groups excluding carboxylic acids is 2. The Morgan fingerprint density at radius 3 is 1.33 bits per heavy atom. The highest BCUT2D eigenvalue weighted by Crippen LogP contribution is 1.59. The van der Waals surface area contributed by atoms with E-state index in [9.17, 15) is 9.59 Å². The van der Waals surface area contributed by atoms with E-state index in [2.05, 4.69) is 11.7 Å². The van der Waals surface area contributed by atoms with Gasteiger partial charge in [-0.15, -0.1) is 0 Å². The van der Waals surface area contributed by atoms with E-state index in [1.165, 1.54) is 20.8 Å². The molecule has 0 saturated heterocycles. The number of aliphatic imine (C=N–C) groups is 1. The summed E-state index contributed by atoms with van der Waals surface area (Å²) in [5.74, 6) is -0.0648. The van der Waals surface area contributed by atoms with Crippen LogP contribution in [0, 0.1) is 0 Å². The zero-order valence-electron chi connectivity index (χ0n) is 5.97. The monoisotopic (exact) mass is 129 g/mol. The molecular formula is C6H11NO2. The van der Waals surface area contributed by atoms with Crippen LogP contribution in [-0.2, 0) is 9.59 Å². The summed E-state index contributed by atoms with van der Waals surface area (Å²) < 4.78 is 0. The minimum atomic E-state index is -0.231. The number of Topliss-reactive ketones (excluding diaryl/α,β-unsaturated/α-hetero) is 1. The Hall–Kier alpha value is -0.990. The lowest BCUT2D eigenvalue weighted by Crippen LogP contribution is -1.75. The molecule has 0 aromatic carbocycles. The highest BCUT2D eigenvalue weighted by molar-refractivity contribution is 5.77. The molecule has 0 rings (SSSR count). The molecule has 0 saturated carbocycles. The van der Waals surface area contributed by atoms with Crippen LogP contribution in [0.1, 0.15) is 20.8 Å². The Balaban J connectivity index is 0. The van der Waals surface area contributed by atoms with E-state index in [-0.39, 0.29) is 11.7 Å². The first-order valence-electron chi connectivity index (χ1n) is 2.45. The van der Waals surface area contributed by atoms with E-state index in [0.29, 0.717) is 0 Å². The quantitative estimate of drug-likeness (QED) is 0.455. The lowest BCUT2D eigenvalue weighted by molar-refractivity contribution is -0.116. The summed E-state index contributed by atoms with van der Waals surface area (Å²) in [5.41, 5.74) is 0. The first-order chi connectivity index (χ1) is 4.00. The summed E-state index contributed by atoms with van der Waals surface area (Å²) in [6.07, 6.45) is 0. The molecule has 0 aromatic rings. The summed E-state index contributed by atoms with van der Waals surface area (Å²) in [7, 11) is 0. The smallest absolute Gasteiger partial charge is 0.241 e. The van der Waals surface area contributed by atoms with Crippen molar-refractivity contribution in [2.45, 2.75) is 20.8 Å². The highest BCUT2D eigenvalue weighted by Gasteiger charge is 1.70. The molecule has 0 aliphatic heterocycles. The van der Waals surface area contributed by atoms with Gasteiger partial charge in [-0.25, -0.2) is 4.99 Å². The average molecular weight is 129 g/mol. The van der Waals surface area contributed by atoms with Crippen LogP contribution in [0.15, 0.2) is 4.99 Å². The first-order valence-corrected chi connectivity index (χ1v) is 2.45. The third kappa shape index (κ3) is 172. The summed E-state index contributed by atoms with van der Waals surface area (Å²) >= 11 is 0. The van der Waals surface area contributed by atoms with Gasteiger partial charge in [0.1, 0.15) is 5.78 Å². The molecule has 9 heavy (non-hydrogen) atoms. The van der Waals surface area contributed by atoms with Gasteiger partial charge in [-0.3, -0.25) is 4.79 Å². The van der Waals surface area contributed by atoms with E-state index < -0.39 is 0 Å². The molecular weight excluding hydrogens is 118 g/mol. The number of hydrogen-bond acceptors (Lipinski definition) is 2. The largest absolute Gasteiger partial charge is 0.300 e. The van der Waals surface area contributed by atoms with Crippen molar-refractivity contribution < 1.29 is 9.59 Å². The van der Waals surface area contributed by atoms with Crippen molar-refractivity contribution in [2.75, 3.05) is 0 Å². The third-order valence-electron chi connectivity index (χ3n) is 0.223. The highest BCUT2D eigenvalue weighted by atomic mass is 16.1. The van der Waals surface area contributed by atoms with Crippen LogP contribution in [0.2, 0.25) is 0 Å². The van der Waals surface area contributed by atoms with Crippen molar-refractivity contribution in [2.24, 2.45) is 4.99 Å². The summed E-state index contributed by atoms with van der Waals surface area (Å²) in [6, 6.07) is 0. The minimum Gasteiger partial charge on any atom is -0.300 e. The van der Waals surface area contributed by atoms with Crippen LogP contribution in [-0.4, -0.2) is 18.4 Å². The van der Waals surface area contributed by atoms with Crippen molar-refractivity contribution in [3.63, 3.8) is 0 Å². The van der Waals surface area contributed by atoms with Gasteiger partial charge < -0.3 is 4.79 Å². The topological polar surface area (TPSA) is 46.5 Å². The van der Waals surface area contributed by atoms with Crippen molar-refractivity contribution >= 4 is 18.4 Å². The molecule has 0 unspecified atom stereocenters. The molecule has 0 bridgehead atoms. The molecule has 0 aliphatic carbocycles. The number of ketones is 1. The molecule has 0 spiro atoms. The zero-order valence-corrected chi connectivity index (χ0v) is 5.97. The van der Waals surface area contributed by atoms with Crippen LogP contribution in [0.4, 0.5) is 0 Å². The Kier molecular flexibility index (Phi) is 8.49. The van der Waals surface area contributed by atoms with Gasteiger partial charge in [0.2, 0.25) is 5.91 Å². The number of rotatable bonds is 0. The number of carbonyl (C=O) groups is 2. The van der Waals surface area contributed by atoms with Crippen LogP contribution >= 0.6 is 0 Å². The van der Waals surface area contributed by atoms with Gasteiger partial charge in [-0.2, -0.15) is 0 Å². The van der Waals surface area contributed by atoms with E-state index in [4.69, 9.17) is 0 Å². The Morgan fingerprint density at radius 2 is 1.33 bits per heavy atom. The van der Waals surface area contributed by atoms with Crippen molar-refractivity contribution in [1.82, 2.24) is 0 Å². The Bertz CT molecular complexity index is 114. The molecule has 0 aromatic heterocycles. The van der Waals surface area contributed by atoms with Crippen LogP contribution in [0.25, 0.3) is 0 Å². The molecule has 3 heteroatoms. The fourth-order valence-electron chi connectivity index (χ4n) is 0. The second kappa shape index (κ2) is 7.01. The summed E-state index contributed by atoms with van der Waals surface area (Å²) in [5, 5.41) is 0. The maximum Gasteiger partial charge on any atom is 0.241 e. The van der Waals surface area contributed by atoms with E-state index in [0.717, 1.165) is 0 Å². The van der Waals surface area contributed by atoms with Crippen LogP contribution in [0.3, 0.4) is 0 Å². The van der Waals surface area contributed by atoms with Gasteiger partial charge >= 0.3 is 0 Å². The number of nitrogens with zero attached hydrogens (tertiary/aromatic N) is 1. The lowest BCUT2D eigenvalue weighted by atomic mass is 10.6. The molecule has 52 valence electrons. The fourth-order valence-corrected chi connectivity index (χ4v) is 0. The van der Waals surface area contributed by atoms with Crippen molar-refractivity contribution in [3.8, 4) is 0 Å². The maximum atomic E-state index is 9.58. The van der Waals surface area contributed by atoms with E-state index in [1.54, 1.807) is 0 Å². The van der Waals surface area contributed by atoms with Gasteiger partial charge in [0.05, 0.1) is 0 Å². The van der Waals surface area contributed by atoms with E-state index in [1.807, 2.05) is 0 Å². The van der Waals surface area contributed by atoms with Crippen LogP contribution in [0.5, 0.6) is 0 Å². The number of amides is 1. The molecule has 0 fully saturated rings. The maximum absolute atomic E-state index is 9.58. The molecule has 0 heterocycles. The first kappa shape index (κ1) is 10.9. The summed E-state index contributed by atoms with van der Waals surface area (Å²) in [4.78, 5) is 22.0. The SMILES string of the molecule is C=NC(C)=O.CC(C)=O. The second-order valence-electron chi connectivity index (χ2n) is 1.59. The molecule has 0 N–H and O–H groups in total. The number of hydrogen-bond donors (Lipinski definition) is 0. The van der Waals surface area contributed by atoms with Gasteiger partial charge in [0.25, 0.3) is 0 Å². The predicted molar refractivity (Wildman–Crippen MR) is 36.6 cm³/mol. The standard InChI is InChI=1S/C3H5NO.C3H6O/c1-3(5)4-2;1-3(2)4/h2H2,1H3;1-2H3. The summed E-state index contributed by atoms with van der Waals surface area (Å²) in [6.45, 7) is 7.37. The minimum absolute atomic E-state index is 0.167. The Labute approximate surface area is 54.8 Å². The van der Waals surface area contributed by atoms with Crippen molar-refractivity contribution in [1.29, 1.82) is 0 Å². The van der Waals surface area contributed by atoms with Gasteiger partial charge in [-0.05, 0) is 20.6 Å². The van der Waals surface area contributed by atoms with Gasteiger partial charge in [0.15, 0.2) is 0 Å². The Morgan fingerprint density at radius 1 is 1.22 bits per heavy atom. The fraction of sp³-hybridized carbons (Fsp3) is 0.500. The molecule has 3 nitrogen and oxygen atoms in total. The molecule has 1 amide bonds. The van der Waals surface area contributed by atoms with Crippen molar-refractivity contribution in [3.05, 3.63) is 0 Å². The lowest BCUT2D eigenvalue weighted by Gasteiger charge is -1.64. The molecule has 0 atom stereocenters. The third-order valence-corrected chi connectivity index (χ3v) is 0.223. The normalized spacial score (nSPS) is 6.56. The zero-order chi connectivity index (χ0) is 7.86. The molecule has 0 aliphatic rings. The van der Waals surface area contributed by atoms with E-state index >= 15 is 0 Å². The van der Waals surface area contributed by atoms with Gasteiger partial charge in [-0.1, -0.05) is 0 Å². The predicted octanol–water partition coefficient (Wildman–Crippen LogP) is 0.829. The average Bonchev–Trinajstić information content (AvgIpc) is 1.65.